The van der Waals surface area contributed by atoms with Gasteiger partial charge in [0.25, 0.3) is 0 Å². The Bertz CT molecular complexity index is 1060. The summed E-state index contributed by atoms with van der Waals surface area (Å²) in [4.78, 5) is 3.85. The van der Waals surface area contributed by atoms with E-state index in [1.165, 1.54) is 26.5 Å². The Balaban J connectivity index is 1.92. The second kappa shape index (κ2) is 8.31. The fraction of sp³-hybridized carbons (Fsp3) is 0.118. The summed E-state index contributed by atoms with van der Waals surface area (Å²) >= 11 is 1.10. The number of ether oxygens (including phenoxy) is 3. The molecule has 0 amide bonds. The summed E-state index contributed by atoms with van der Waals surface area (Å²) in [5.41, 5.74) is -0.103. The number of nitrogens with zero attached hydrogens (tertiary/aromatic N) is 1. The molecule has 28 heavy (non-hydrogen) atoms. The molecule has 0 aliphatic carbocycles. The zero-order valence-electron chi connectivity index (χ0n) is 14.8. The summed E-state index contributed by atoms with van der Waals surface area (Å²) in [6.07, 6.45) is 1.45. The van der Waals surface area contributed by atoms with Crippen LogP contribution < -0.4 is 23.7 Å². The van der Waals surface area contributed by atoms with E-state index in [2.05, 4.69) is 14.4 Å². The minimum absolute atomic E-state index is 0.0671. The predicted octanol–water partition coefficient (Wildman–Crippen LogP) is 3.86. The molecule has 0 bridgehead atoms. The van der Waals surface area contributed by atoms with Crippen LogP contribution in [-0.4, -0.2) is 27.6 Å². The van der Waals surface area contributed by atoms with Crippen LogP contribution in [0.1, 0.15) is 0 Å². The summed E-state index contributed by atoms with van der Waals surface area (Å²) in [6.45, 7) is 0. The molecule has 1 aromatic heterocycles. The molecule has 0 unspecified atom stereocenters. The summed E-state index contributed by atoms with van der Waals surface area (Å²) in [6, 6.07) is 8.41. The van der Waals surface area contributed by atoms with Crippen molar-refractivity contribution in [2.24, 2.45) is 0 Å². The Morgan fingerprint density at radius 1 is 1.04 bits per heavy atom. The fourth-order valence-corrected chi connectivity index (χ4v) is 3.96. The number of rotatable bonds is 8. The molecular formula is C17H16FN3O5S2. The SMILES string of the molecule is COc1cccc(Oc2ccc(F)cc2NS(=O)(=O)Nc2nccs2)c1OC. The average Bonchev–Trinajstić information content (AvgIpc) is 3.15. The van der Waals surface area contributed by atoms with Gasteiger partial charge in [0.1, 0.15) is 5.82 Å². The summed E-state index contributed by atoms with van der Waals surface area (Å²) < 4.78 is 59.2. The highest BCUT2D eigenvalue weighted by molar-refractivity contribution is 7.94. The second-order valence-corrected chi connectivity index (χ2v) is 7.59. The van der Waals surface area contributed by atoms with E-state index in [-0.39, 0.29) is 22.3 Å². The number of benzene rings is 2. The van der Waals surface area contributed by atoms with Gasteiger partial charge in [0.05, 0.1) is 19.9 Å². The number of hydrogen-bond acceptors (Lipinski definition) is 7. The first-order chi connectivity index (χ1) is 13.4. The third-order valence-corrected chi connectivity index (χ3v) is 5.20. The van der Waals surface area contributed by atoms with Gasteiger partial charge in [0, 0.05) is 17.6 Å². The smallest absolute Gasteiger partial charge is 0.323 e. The fourth-order valence-electron chi connectivity index (χ4n) is 2.29. The van der Waals surface area contributed by atoms with Gasteiger partial charge in [-0.3, -0.25) is 4.72 Å². The predicted molar refractivity (Wildman–Crippen MR) is 104 cm³/mol. The van der Waals surface area contributed by atoms with Crippen LogP contribution in [0.2, 0.25) is 0 Å². The molecule has 11 heteroatoms. The van der Waals surface area contributed by atoms with Gasteiger partial charge in [-0.15, -0.1) is 11.3 Å². The molecule has 0 saturated heterocycles. The molecule has 3 aromatic rings. The Morgan fingerprint density at radius 2 is 1.82 bits per heavy atom. The maximum atomic E-state index is 13.7. The van der Waals surface area contributed by atoms with Gasteiger partial charge in [-0.25, -0.2) is 14.1 Å². The molecule has 1 heterocycles. The molecule has 0 aliphatic heterocycles. The number of halogens is 1. The second-order valence-electron chi connectivity index (χ2n) is 5.28. The van der Waals surface area contributed by atoms with Crippen LogP contribution in [0.25, 0.3) is 0 Å². The summed E-state index contributed by atoms with van der Waals surface area (Å²) in [5.74, 6) is 0.426. The number of anilines is 2. The Morgan fingerprint density at radius 3 is 2.50 bits per heavy atom. The normalized spacial score (nSPS) is 11.0. The minimum Gasteiger partial charge on any atom is -0.493 e. The van der Waals surface area contributed by atoms with Crippen molar-refractivity contribution >= 4 is 32.4 Å². The highest BCUT2D eigenvalue weighted by Gasteiger charge is 2.18. The van der Waals surface area contributed by atoms with Gasteiger partial charge in [0.2, 0.25) is 5.75 Å². The molecule has 0 spiro atoms. The molecule has 2 N–H and O–H groups in total. The molecule has 0 radical (unpaired) electrons. The molecule has 2 aromatic carbocycles. The van der Waals surface area contributed by atoms with Crippen molar-refractivity contribution < 1.29 is 27.0 Å². The van der Waals surface area contributed by atoms with Gasteiger partial charge in [0.15, 0.2) is 22.4 Å². The van der Waals surface area contributed by atoms with Crippen LogP contribution in [0, 0.1) is 5.82 Å². The first kappa shape index (κ1) is 19.7. The van der Waals surface area contributed by atoms with E-state index in [0.717, 1.165) is 23.5 Å². The lowest BCUT2D eigenvalue weighted by Gasteiger charge is -2.16. The first-order valence-electron chi connectivity index (χ1n) is 7.80. The van der Waals surface area contributed by atoms with Crippen molar-refractivity contribution in [1.82, 2.24) is 4.98 Å². The molecule has 0 aliphatic rings. The van der Waals surface area contributed by atoms with Crippen LogP contribution in [0.3, 0.4) is 0 Å². The van der Waals surface area contributed by atoms with Crippen LogP contribution in [-0.2, 0) is 10.2 Å². The van der Waals surface area contributed by atoms with Crippen molar-refractivity contribution in [3.63, 3.8) is 0 Å². The quantitative estimate of drug-likeness (QED) is 0.569. The zero-order chi connectivity index (χ0) is 20.1. The van der Waals surface area contributed by atoms with Crippen molar-refractivity contribution in [3.8, 4) is 23.0 Å². The third kappa shape index (κ3) is 4.61. The van der Waals surface area contributed by atoms with Crippen LogP contribution >= 0.6 is 11.3 Å². The van der Waals surface area contributed by atoms with Crippen molar-refractivity contribution in [2.45, 2.75) is 0 Å². The zero-order valence-corrected chi connectivity index (χ0v) is 16.4. The molecule has 0 atom stereocenters. The van der Waals surface area contributed by atoms with Crippen LogP contribution in [0.4, 0.5) is 15.2 Å². The van der Waals surface area contributed by atoms with E-state index in [1.54, 1.807) is 23.6 Å². The highest BCUT2D eigenvalue weighted by Crippen LogP contribution is 2.41. The average molecular weight is 425 g/mol. The highest BCUT2D eigenvalue weighted by atomic mass is 32.2. The van der Waals surface area contributed by atoms with Crippen molar-refractivity contribution in [2.75, 3.05) is 23.7 Å². The number of nitrogens with one attached hydrogen (secondary N) is 2. The van der Waals surface area contributed by atoms with E-state index in [4.69, 9.17) is 14.2 Å². The van der Waals surface area contributed by atoms with Crippen molar-refractivity contribution in [3.05, 3.63) is 53.8 Å². The molecule has 0 saturated carbocycles. The van der Waals surface area contributed by atoms with Crippen LogP contribution in [0.15, 0.2) is 48.0 Å². The first-order valence-corrected chi connectivity index (χ1v) is 10.2. The number of thiazole rings is 1. The third-order valence-electron chi connectivity index (χ3n) is 3.43. The molecule has 148 valence electrons. The number of hydrogen-bond donors (Lipinski definition) is 2. The minimum atomic E-state index is -4.07. The lowest BCUT2D eigenvalue weighted by Crippen LogP contribution is -2.21. The van der Waals surface area contributed by atoms with Gasteiger partial charge in [-0.05, 0) is 24.3 Å². The largest absolute Gasteiger partial charge is 0.493 e. The van der Waals surface area contributed by atoms with Crippen LogP contribution in [0.5, 0.6) is 23.0 Å². The van der Waals surface area contributed by atoms with Gasteiger partial charge in [-0.2, -0.15) is 8.42 Å². The Kier molecular flexibility index (Phi) is 5.85. The summed E-state index contributed by atoms with van der Waals surface area (Å²) in [5, 5.41) is 1.78. The number of methoxy groups -OCH3 is 2. The molecular weight excluding hydrogens is 409 g/mol. The lowest BCUT2D eigenvalue weighted by molar-refractivity contribution is 0.336. The maximum absolute atomic E-state index is 13.7. The van der Waals surface area contributed by atoms with E-state index in [1.807, 2.05) is 0 Å². The molecule has 3 rings (SSSR count). The van der Waals surface area contributed by atoms with Crippen molar-refractivity contribution in [1.29, 1.82) is 0 Å². The molecule has 0 fully saturated rings. The van der Waals surface area contributed by atoms with E-state index < -0.39 is 16.0 Å². The van der Waals surface area contributed by atoms with E-state index in [0.29, 0.717) is 11.5 Å². The maximum Gasteiger partial charge on any atom is 0.323 e. The van der Waals surface area contributed by atoms with Gasteiger partial charge >= 0.3 is 10.2 Å². The summed E-state index contributed by atoms with van der Waals surface area (Å²) in [7, 11) is -1.16. The van der Waals surface area contributed by atoms with E-state index >= 15 is 0 Å². The topological polar surface area (TPSA) is 98.8 Å². The van der Waals surface area contributed by atoms with Gasteiger partial charge < -0.3 is 14.2 Å². The Hall–Kier alpha value is -3.05. The van der Waals surface area contributed by atoms with Gasteiger partial charge in [-0.1, -0.05) is 6.07 Å². The molecule has 8 nitrogen and oxygen atoms in total. The number of para-hydroxylation sites is 1. The monoisotopic (exact) mass is 425 g/mol. The van der Waals surface area contributed by atoms with E-state index in [9.17, 15) is 12.8 Å². The Labute approximate surface area is 165 Å². The number of aromatic nitrogens is 1. The lowest BCUT2D eigenvalue weighted by atomic mass is 10.2. The standard InChI is InChI=1S/C17H16FN3O5S2/c1-24-14-4-3-5-15(16(14)25-2)26-13-7-6-11(18)10-12(13)20-28(22,23)21-17-19-8-9-27-17/h3-10,20H,1-2H3,(H,19,21).